The number of nitrogens with zero attached hydrogens (tertiary/aromatic N) is 1. The van der Waals surface area contributed by atoms with Crippen LogP contribution in [0.5, 0.6) is 5.88 Å². The molecule has 2 N–H and O–H groups in total. The highest BCUT2D eigenvalue weighted by Crippen LogP contribution is 2.17. The molecule has 0 aliphatic rings. The molecule has 0 atom stereocenters. The zero-order valence-corrected chi connectivity index (χ0v) is 8.15. The third-order valence-electron chi connectivity index (χ3n) is 1.31. The van der Waals surface area contributed by atoms with Crippen molar-refractivity contribution in [2.75, 3.05) is 7.11 Å². The van der Waals surface area contributed by atoms with Crippen molar-refractivity contribution in [2.45, 2.75) is 6.54 Å². The lowest BCUT2D eigenvalue weighted by Crippen LogP contribution is -2.01. The Kier molecular flexibility index (Phi) is 4.97. The molecule has 0 radical (unpaired) electrons. The summed E-state index contributed by atoms with van der Waals surface area (Å²) in [5.41, 5.74) is 6.24. The van der Waals surface area contributed by atoms with Crippen LogP contribution in [0.25, 0.3) is 0 Å². The molecular weight excluding hydrogens is 199 g/mol. The Balaban J connectivity index is 0.00000121. The van der Waals surface area contributed by atoms with E-state index in [1.165, 1.54) is 6.20 Å². The van der Waals surface area contributed by atoms with Gasteiger partial charge in [0.2, 0.25) is 5.88 Å². The van der Waals surface area contributed by atoms with Gasteiger partial charge in [-0.05, 0) is 6.07 Å². The number of hydrogen-bond donors (Lipinski definition) is 1. The van der Waals surface area contributed by atoms with E-state index in [0.717, 1.165) is 5.56 Å². The smallest absolute Gasteiger partial charge is 0.217 e. The summed E-state index contributed by atoms with van der Waals surface area (Å²) in [5.74, 6) is 0.539. The molecular formula is C7H10Cl2N2O. The van der Waals surface area contributed by atoms with E-state index in [2.05, 4.69) is 4.98 Å². The van der Waals surface area contributed by atoms with Crippen LogP contribution in [0, 0.1) is 0 Å². The summed E-state index contributed by atoms with van der Waals surface area (Å²) in [6, 6.07) is 1.74. The lowest BCUT2D eigenvalue weighted by atomic mass is 10.3. The van der Waals surface area contributed by atoms with Gasteiger partial charge in [-0.1, -0.05) is 11.6 Å². The van der Waals surface area contributed by atoms with Crippen LogP contribution in [0.1, 0.15) is 5.56 Å². The van der Waals surface area contributed by atoms with Crippen molar-refractivity contribution in [1.29, 1.82) is 0 Å². The second-order valence-electron chi connectivity index (χ2n) is 2.03. The second-order valence-corrected chi connectivity index (χ2v) is 2.46. The van der Waals surface area contributed by atoms with Crippen LogP contribution >= 0.6 is 24.0 Å². The predicted octanol–water partition coefficient (Wildman–Crippen LogP) is 1.62. The summed E-state index contributed by atoms with van der Waals surface area (Å²) in [5, 5.41) is 0.575. The van der Waals surface area contributed by atoms with Crippen LogP contribution in [-0.2, 0) is 6.54 Å². The third-order valence-corrected chi connectivity index (χ3v) is 1.51. The zero-order valence-electron chi connectivity index (χ0n) is 6.58. The van der Waals surface area contributed by atoms with Crippen molar-refractivity contribution in [3.63, 3.8) is 0 Å². The van der Waals surface area contributed by atoms with E-state index in [9.17, 15) is 0 Å². The summed E-state index contributed by atoms with van der Waals surface area (Å²) in [6.07, 6.45) is 1.53. The van der Waals surface area contributed by atoms with Crippen molar-refractivity contribution in [3.8, 4) is 5.88 Å². The third kappa shape index (κ3) is 2.52. The normalized spacial score (nSPS) is 8.92. The minimum atomic E-state index is 0. The van der Waals surface area contributed by atoms with Gasteiger partial charge in [0.15, 0.2) is 0 Å². The molecule has 0 saturated carbocycles. The molecule has 0 fully saturated rings. The molecule has 0 saturated heterocycles. The van der Waals surface area contributed by atoms with E-state index in [0.29, 0.717) is 17.4 Å². The molecule has 12 heavy (non-hydrogen) atoms. The standard InChI is InChI=1S/C7H9ClN2O.ClH/c1-11-7-5(3-9)2-6(8)4-10-7;/h2,4H,3,9H2,1H3;1H. The van der Waals surface area contributed by atoms with Crippen molar-refractivity contribution in [3.05, 3.63) is 22.8 Å². The van der Waals surface area contributed by atoms with E-state index < -0.39 is 0 Å². The van der Waals surface area contributed by atoms with Crippen molar-refractivity contribution in [1.82, 2.24) is 4.98 Å². The quantitative estimate of drug-likeness (QED) is 0.805. The molecule has 0 spiro atoms. The van der Waals surface area contributed by atoms with E-state index >= 15 is 0 Å². The van der Waals surface area contributed by atoms with Gasteiger partial charge >= 0.3 is 0 Å². The van der Waals surface area contributed by atoms with E-state index in [4.69, 9.17) is 22.1 Å². The van der Waals surface area contributed by atoms with Gasteiger partial charge in [-0.3, -0.25) is 0 Å². The Morgan fingerprint density at radius 1 is 1.67 bits per heavy atom. The fourth-order valence-corrected chi connectivity index (χ4v) is 0.979. The molecule has 68 valence electrons. The molecule has 5 heteroatoms. The molecule has 3 nitrogen and oxygen atoms in total. The summed E-state index contributed by atoms with van der Waals surface area (Å²) in [7, 11) is 1.55. The van der Waals surface area contributed by atoms with Crippen LogP contribution in [-0.4, -0.2) is 12.1 Å². The number of rotatable bonds is 2. The van der Waals surface area contributed by atoms with E-state index in [1.54, 1.807) is 13.2 Å². The number of pyridine rings is 1. The fraction of sp³-hybridized carbons (Fsp3) is 0.286. The molecule has 1 aromatic rings. The molecule has 0 unspecified atom stereocenters. The molecule has 0 aromatic carbocycles. The minimum Gasteiger partial charge on any atom is -0.481 e. The Morgan fingerprint density at radius 2 is 2.33 bits per heavy atom. The number of ether oxygens (including phenoxy) is 1. The Bertz CT molecular complexity index is 255. The minimum absolute atomic E-state index is 0. The average molecular weight is 209 g/mol. The van der Waals surface area contributed by atoms with Crippen LogP contribution in [0.4, 0.5) is 0 Å². The van der Waals surface area contributed by atoms with Crippen molar-refractivity contribution < 1.29 is 4.74 Å². The highest BCUT2D eigenvalue weighted by atomic mass is 35.5. The SMILES string of the molecule is COc1ncc(Cl)cc1CN.Cl. The zero-order chi connectivity index (χ0) is 8.27. The molecule has 0 aliphatic heterocycles. The second kappa shape index (κ2) is 5.19. The van der Waals surface area contributed by atoms with Gasteiger partial charge in [0.05, 0.1) is 12.1 Å². The van der Waals surface area contributed by atoms with Gasteiger partial charge in [0.25, 0.3) is 0 Å². The fourth-order valence-electron chi connectivity index (χ4n) is 0.799. The molecule has 0 amide bonds. The molecule has 0 bridgehead atoms. The van der Waals surface area contributed by atoms with Gasteiger partial charge in [0.1, 0.15) is 0 Å². The summed E-state index contributed by atoms with van der Waals surface area (Å²) in [6.45, 7) is 0.386. The number of halogens is 2. The summed E-state index contributed by atoms with van der Waals surface area (Å²) < 4.78 is 4.94. The highest BCUT2D eigenvalue weighted by molar-refractivity contribution is 6.30. The molecule has 1 rings (SSSR count). The van der Waals surface area contributed by atoms with Gasteiger partial charge in [0, 0.05) is 18.3 Å². The maximum Gasteiger partial charge on any atom is 0.217 e. The highest BCUT2D eigenvalue weighted by Gasteiger charge is 2.01. The largest absolute Gasteiger partial charge is 0.481 e. The number of hydrogen-bond acceptors (Lipinski definition) is 3. The molecule has 1 aromatic heterocycles. The Hall–Kier alpha value is -0.510. The first-order chi connectivity index (χ1) is 5.27. The Morgan fingerprint density at radius 3 is 2.83 bits per heavy atom. The number of methoxy groups -OCH3 is 1. The molecule has 0 aliphatic carbocycles. The summed E-state index contributed by atoms with van der Waals surface area (Å²) in [4.78, 5) is 3.93. The monoisotopic (exact) mass is 208 g/mol. The van der Waals surface area contributed by atoms with Gasteiger partial charge in [-0.25, -0.2) is 4.98 Å². The van der Waals surface area contributed by atoms with Gasteiger partial charge in [-0.15, -0.1) is 12.4 Å². The lowest BCUT2D eigenvalue weighted by molar-refractivity contribution is 0.392. The van der Waals surface area contributed by atoms with E-state index in [-0.39, 0.29) is 12.4 Å². The first-order valence-electron chi connectivity index (χ1n) is 3.16. The van der Waals surface area contributed by atoms with Gasteiger partial charge in [-0.2, -0.15) is 0 Å². The van der Waals surface area contributed by atoms with Crippen molar-refractivity contribution in [2.24, 2.45) is 5.73 Å². The maximum atomic E-state index is 5.68. The summed E-state index contributed by atoms with van der Waals surface area (Å²) >= 11 is 5.68. The molecule has 1 heterocycles. The lowest BCUT2D eigenvalue weighted by Gasteiger charge is -2.03. The Labute approximate surface area is 82.3 Å². The average Bonchev–Trinajstić information content (AvgIpc) is 2.04. The van der Waals surface area contributed by atoms with Crippen LogP contribution in [0.2, 0.25) is 5.02 Å². The first kappa shape index (κ1) is 11.5. The first-order valence-corrected chi connectivity index (χ1v) is 3.54. The van der Waals surface area contributed by atoms with E-state index in [1.807, 2.05) is 0 Å². The van der Waals surface area contributed by atoms with Crippen LogP contribution < -0.4 is 10.5 Å². The predicted molar refractivity (Wildman–Crippen MR) is 50.9 cm³/mol. The van der Waals surface area contributed by atoms with Crippen molar-refractivity contribution >= 4 is 24.0 Å². The maximum absolute atomic E-state index is 5.68. The van der Waals surface area contributed by atoms with Gasteiger partial charge < -0.3 is 10.5 Å². The topological polar surface area (TPSA) is 48.1 Å². The number of nitrogens with two attached hydrogens (primary N) is 1. The van der Waals surface area contributed by atoms with Crippen LogP contribution in [0.3, 0.4) is 0 Å². The van der Waals surface area contributed by atoms with Crippen LogP contribution in [0.15, 0.2) is 12.3 Å². The number of aromatic nitrogens is 1.